The van der Waals surface area contributed by atoms with Gasteiger partial charge in [0.05, 0.1) is 16.1 Å². The van der Waals surface area contributed by atoms with Crippen LogP contribution in [0, 0.1) is 0 Å². The van der Waals surface area contributed by atoms with Crippen molar-refractivity contribution in [2.75, 3.05) is 0 Å². The van der Waals surface area contributed by atoms with Crippen LogP contribution < -0.4 is 5.56 Å². The van der Waals surface area contributed by atoms with Gasteiger partial charge >= 0.3 is 5.97 Å². The lowest BCUT2D eigenvalue weighted by Gasteiger charge is -2.06. The van der Waals surface area contributed by atoms with Crippen LogP contribution >= 0.6 is 22.9 Å². The van der Waals surface area contributed by atoms with Crippen LogP contribution in [0.1, 0.15) is 4.88 Å². The first kappa shape index (κ1) is 16.7. The van der Waals surface area contributed by atoms with Crippen LogP contribution in [-0.4, -0.2) is 25.3 Å². The number of nitrogens with zero attached hydrogens (tertiary/aromatic N) is 4. The predicted molar refractivity (Wildman–Crippen MR) is 99.4 cm³/mol. The molecule has 0 N–H and O–H groups in total. The highest BCUT2D eigenvalue weighted by Gasteiger charge is 2.14. The van der Waals surface area contributed by atoms with Gasteiger partial charge in [0.2, 0.25) is 0 Å². The third-order valence-corrected chi connectivity index (χ3v) is 5.67. The van der Waals surface area contributed by atoms with Crippen LogP contribution in [-0.2, 0) is 29.7 Å². The fourth-order valence-corrected chi connectivity index (χ4v) is 4.07. The molecule has 0 bridgehead atoms. The normalized spacial score (nSPS) is 11.3. The molecule has 3 heterocycles. The van der Waals surface area contributed by atoms with Crippen molar-refractivity contribution in [2.24, 2.45) is 7.05 Å². The van der Waals surface area contributed by atoms with Crippen LogP contribution in [0.2, 0.25) is 5.02 Å². The van der Waals surface area contributed by atoms with Crippen molar-refractivity contribution in [3.8, 4) is 0 Å². The van der Waals surface area contributed by atoms with Crippen LogP contribution in [0.25, 0.3) is 21.1 Å². The minimum absolute atomic E-state index is 0.0638. The van der Waals surface area contributed by atoms with E-state index >= 15 is 0 Å². The Balaban J connectivity index is 1.49. The first-order chi connectivity index (χ1) is 12.5. The maximum Gasteiger partial charge on any atom is 0.326 e. The van der Waals surface area contributed by atoms with Crippen LogP contribution in [0.4, 0.5) is 0 Å². The number of fused-ring (bicyclic) bond motifs is 2. The molecule has 7 nitrogen and oxygen atoms in total. The molecule has 0 aliphatic rings. The molecule has 26 heavy (non-hydrogen) atoms. The summed E-state index contributed by atoms with van der Waals surface area (Å²) < 4.78 is 9.04. The fraction of sp³-hybridized carbons (Fsp3) is 0.176. The number of benzene rings is 1. The highest BCUT2D eigenvalue weighted by atomic mass is 35.5. The average molecular weight is 389 g/mol. The van der Waals surface area contributed by atoms with Crippen molar-refractivity contribution in [2.45, 2.75) is 13.2 Å². The molecule has 0 fully saturated rings. The largest absolute Gasteiger partial charge is 0.459 e. The van der Waals surface area contributed by atoms with E-state index in [9.17, 15) is 9.59 Å². The summed E-state index contributed by atoms with van der Waals surface area (Å²) in [5, 5.41) is 5.88. The van der Waals surface area contributed by atoms with Gasteiger partial charge in [0, 0.05) is 17.1 Å². The molecule has 4 rings (SSSR count). The molecular weight excluding hydrogens is 376 g/mol. The van der Waals surface area contributed by atoms with E-state index < -0.39 is 5.97 Å². The quantitative estimate of drug-likeness (QED) is 0.502. The lowest BCUT2D eigenvalue weighted by atomic mass is 10.2. The summed E-state index contributed by atoms with van der Waals surface area (Å²) >= 11 is 7.82. The minimum atomic E-state index is -0.536. The van der Waals surface area contributed by atoms with Gasteiger partial charge < -0.3 is 4.74 Å². The summed E-state index contributed by atoms with van der Waals surface area (Å²) in [4.78, 5) is 29.4. The van der Waals surface area contributed by atoms with Crippen molar-refractivity contribution in [1.29, 1.82) is 0 Å². The van der Waals surface area contributed by atoms with E-state index in [1.165, 1.54) is 33.1 Å². The van der Waals surface area contributed by atoms with Gasteiger partial charge in [-0.15, -0.1) is 11.3 Å². The molecule has 0 amide bonds. The Bertz CT molecular complexity index is 1190. The zero-order chi connectivity index (χ0) is 18.3. The Morgan fingerprint density at radius 2 is 2.12 bits per heavy atom. The Labute approximate surface area is 156 Å². The number of rotatable bonds is 4. The molecule has 0 unspecified atom stereocenters. The first-order valence-corrected chi connectivity index (χ1v) is 8.92. The van der Waals surface area contributed by atoms with Gasteiger partial charge in [0.1, 0.15) is 24.9 Å². The van der Waals surface area contributed by atoms with Crippen molar-refractivity contribution in [3.05, 3.63) is 57.0 Å². The molecule has 0 saturated carbocycles. The maximum atomic E-state index is 12.4. The van der Waals surface area contributed by atoms with Crippen molar-refractivity contribution < 1.29 is 9.53 Å². The van der Waals surface area contributed by atoms with Crippen LogP contribution in [0.3, 0.4) is 0 Å². The van der Waals surface area contributed by atoms with Gasteiger partial charge in [-0.1, -0.05) is 29.8 Å². The number of esters is 1. The lowest BCUT2D eigenvalue weighted by molar-refractivity contribution is -0.145. The van der Waals surface area contributed by atoms with Crippen LogP contribution in [0.15, 0.2) is 41.6 Å². The minimum Gasteiger partial charge on any atom is -0.459 e. The van der Waals surface area contributed by atoms with E-state index in [0.29, 0.717) is 16.1 Å². The highest BCUT2D eigenvalue weighted by Crippen LogP contribution is 2.35. The summed E-state index contributed by atoms with van der Waals surface area (Å²) in [5.74, 6) is -0.536. The lowest BCUT2D eigenvalue weighted by Crippen LogP contribution is -2.25. The molecule has 0 radical (unpaired) electrons. The SMILES string of the molecule is Cn1ncc2c(=O)n(CC(=O)OCc3sc4ccccc4c3Cl)cnc21. The standard InChI is InChI=1S/C17H13ClN4O3S/c1-21-16-11(6-20-21)17(24)22(9-19-16)7-14(23)25-8-13-15(18)10-4-2-3-5-12(10)26-13/h2-6,9H,7-8H2,1H3. The van der Waals surface area contributed by atoms with E-state index in [1.807, 2.05) is 24.3 Å². The molecule has 0 aliphatic carbocycles. The number of hydrogen-bond donors (Lipinski definition) is 0. The molecule has 3 aromatic heterocycles. The second-order valence-electron chi connectivity index (χ2n) is 5.68. The Morgan fingerprint density at radius 3 is 2.92 bits per heavy atom. The molecule has 0 spiro atoms. The number of carbonyl (C=O) groups excluding carboxylic acids is 1. The Hall–Kier alpha value is -2.71. The Kier molecular flexibility index (Phi) is 4.21. The second kappa shape index (κ2) is 6.54. The molecule has 9 heteroatoms. The molecule has 0 aliphatic heterocycles. The smallest absolute Gasteiger partial charge is 0.326 e. The number of aromatic nitrogens is 4. The van der Waals surface area contributed by atoms with Gasteiger partial charge in [-0.05, 0) is 6.07 Å². The highest BCUT2D eigenvalue weighted by molar-refractivity contribution is 7.19. The number of halogens is 1. The van der Waals surface area contributed by atoms with Crippen molar-refractivity contribution in [3.63, 3.8) is 0 Å². The van der Waals surface area contributed by atoms with E-state index in [-0.39, 0.29) is 18.7 Å². The van der Waals surface area contributed by atoms with E-state index in [1.54, 1.807) is 7.05 Å². The number of carbonyl (C=O) groups is 1. The van der Waals surface area contributed by atoms with Gasteiger partial charge in [-0.3, -0.25) is 18.8 Å². The number of thiophene rings is 1. The van der Waals surface area contributed by atoms with Gasteiger partial charge in [0.15, 0.2) is 5.65 Å². The molecule has 132 valence electrons. The maximum absolute atomic E-state index is 12.4. The summed E-state index contributed by atoms with van der Waals surface area (Å²) in [7, 11) is 1.70. The zero-order valence-corrected chi connectivity index (χ0v) is 15.3. The molecular formula is C17H13ClN4O3S. The molecule has 1 aromatic carbocycles. The number of ether oxygens (including phenoxy) is 1. The van der Waals surface area contributed by atoms with E-state index in [4.69, 9.17) is 16.3 Å². The predicted octanol–water partition coefficient (Wildman–Crippen LogP) is 2.74. The summed E-state index contributed by atoms with van der Waals surface area (Å²) in [6, 6.07) is 7.73. The van der Waals surface area contributed by atoms with E-state index in [0.717, 1.165) is 15.0 Å². The van der Waals surface area contributed by atoms with Gasteiger partial charge in [0.25, 0.3) is 5.56 Å². The molecule has 0 atom stereocenters. The average Bonchev–Trinajstić information content (AvgIpc) is 3.17. The number of aryl methyl sites for hydroxylation is 1. The third-order valence-electron chi connectivity index (χ3n) is 3.98. The van der Waals surface area contributed by atoms with Crippen molar-refractivity contribution >= 4 is 50.0 Å². The monoisotopic (exact) mass is 388 g/mol. The van der Waals surface area contributed by atoms with Gasteiger partial charge in [-0.25, -0.2) is 4.98 Å². The fourth-order valence-electron chi connectivity index (χ4n) is 2.67. The first-order valence-electron chi connectivity index (χ1n) is 7.73. The molecule has 0 saturated heterocycles. The summed E-state index contributed by atoms with van der Waals surface area (Å²) in [6.07, 6.45) is 2.75. The van der Waals surface area contributed by atoms with E-state index in [2.05, 4.69) is 10.1 Å². The van der Waals surface area contributed by atoms with Crippen molar-refractivity contribution in [1.82, 2.24) is 19.3 Å². The second-order valence-corrected chi connectivity index (χ2v) is 7.19. The summed E-state index contributed by atoms with van der Waals surface area (Å²) in [5.41, 5.74) is 0.136. The van der Waals surface area contributed by atoms with Gasteiger partial charge in [-0.2, -0.15) is 5.10 Å². The summed E-state index contributed by atoms with van der Waals surface area (Å²) in [6.45, 7) is -0.159. The third kappa shape index (κ3) is 2.87. The molecule has 4 aromatic rings. The Morgan fingerprint density at radius 1 is 1.31 bits per heavy atom. The topological polar surface area (TPSA) is 79.0 Å². The van der Waals surface area contributed by atoms with Crippen LogP contribution in [0.5, 0.6) is 0 Å². The zero-order valence-electron chi connectivity index (χ0n) is 13.7. The number of hydrogen-bond acceptors (Lipinski definition) is 6.